The van der Waals surface area contributed by atoms with Crippen LogP contribution in [0.25, 0.3) is 27.9 Å². The van der Waals surface area contributed by atoms with E-state index in [1.54, 1.807) is 16.9 Å². The van der Waals surface area contributed by atoms with Crippen LogP contribution in [0, 0.1) is 5.92 Å². The van der Waals surface area contributed by atoms with E-state index in [2.05, 4.69) is 44.3 Å². The SMILES string of the molecule is CC(C1CC1)n1cc2cc(-c3cnc4c(N)ncnn34)cnc2n1. The number of rotatable bonds is 3. The summed E-state index contributed by atoms with van der Waals surface area (Å²) in [6.45, 7) is 2.22. The number of pyridine rings is 1. The van der Waals surface area contributed by atoms with Crippen molar-refractivity contribution in [3.05, 3.63) is 31.0 Å². The average molecular weight is 320 g/mol. The molecule has 24 heavy (non-hydrogen) atoms. The standard InChI is InChI=1S/C16H16N8/c1-9(10-2-3-10)23-7-12-4-11(5-18-15(12)22-23)13-6-19-16-14(17)20-8-21-24(13)16/h4-10H,2-3H2,1H3,(H2,17,20,21). The van der Waals surface area contributed by atoms with E-state index in [0.29, 0.717) is 17.5 Å². The normalized spacial score (nSPS) is 16.0. The lowest BCUT2D eigenvalue weighted by Gasteiger charge is -2.09. The molecule has 1 aliphatic carbocycles. The van der Waals surface area contributed by atoms with Gasteiger partial charge >= 0.3 is 0 Å². The second-order valence-electron chi connectivity index (χ2n) is 6.35. The number of nitrogen functional groups attached to an aromatic ring is 1. The molecule has 1 atom stereocenters. The van der Waals surface area contributed by atoms with Crippen LogP contribution in [-0.2, 0) is 0 Å². The molecule has 8 heteroatoms. The molecule has 5 rings (SSSR count). The van der Waals surface area contributed by atoms with E-state index in [1.807, 2.05) is 4.68 Å². The fourth-order valence-electron chi connectivity index (χ4n) is 3.11. The number of anilines is 1. The van der Waals surface area contributed by atoms with Crippen LogP contribution < -0.4 is 5.73 Å². The fraction of sp³-hybridized carbons (Fsp3) is 0.312. The van der Waals surface area contributed by atoms with Crippen molar-refractivity contribution >= 4 is 22.5 Å². The zero-order chi connectivity index (χ0) is 16.3. The van der Waals surface area contributed by atoms with Crippen molar-refractivity contribution in [1.82, 2.24) is 34.3 Å². The summed E-state index contributed by atoms with van der Waals surface area (Å²) in [6.07, 6.45) is 9.61. The molecule has 0 amide bonds. The Hall–Kier alpha value is -3.03. The minimum Gasteiger partial charge on any atom is -0.381 e. The van der Waals surface area contributed by atoms with Gasteiger partial charge in [0.05, 0.1) is 17.9 Å². The van der Waals surface area contributed by atoms with Crippen LogP contribution in [0.4, 0.5) is 5.82 Å². The Kier molecular flexibility index (Phi) is 2.64. The minimum absolute atomic E-state index is 0.358. The second kappa shape index (κ2) is 4.73. The molecule has 120 valence electrons. The van der Waals surface area contributed by atoms with Crippen molar-refractivity contribution in [2.45, 2.75) is 25.8 Å². The summed E-state index contributed by atoms with van der Waals surface area (Å²) >= 11 is 0. The highest BCUT2D eigenvalue weighted by atomic mass is 15.3. The minimum atomic E-state index is 0.358. The first-order valence-corrected chi connectivity index (χ1v) is 8.00. The van der Waals surface area contributed by atoms with Gasteiger partial charge in [-0.05, 0) is 31.7 Å². The van der Waals surface area contributed by atoms with E-state index < -0.39 is 0 Å². The third-order valence-electron chi connectivity index (χ3n) is 4.72. The third kappa shape index (κ3) is 1.96. The maximum Gasteiger partial charge on any atom is 0.197 e. The van der Waals surface area contributed by atoms with Gasteiger partial charge in [-0.2, -0.15) is 10.2 Å². The Morgan fingerprint density at radius 2 is 2.08 bits per heavy atom. The summed E-state index contributed by atoms with van der Waals surface area (Å²) in [5.41, 5.74) is 8.90. The molecule has 1 aliphatic rings. The van der Waals surface area contributed by atoms with E-state index in [4.69, 9.17) is 5.73 Å². The van der Waals surface area contributed by atoms with E-state index in [0.717, 1.165) is 28.2 Å². The van der Waals surface area contributed by atoms with Crippen LogP contribution in [0.15, 0.2) is 31.0 Å². The molecule has 4 aromatic rings. The monoisotopic (exact) mass is 320 g/mol. The smallest absolute Gasteiger partial charge is 0.197 e. The van der Waals surface area contributed by atoms with Crippen LogP contribution in [0.5, 0.6) is 0 Å². The highest BCUT2D eigenvalue weighted by Crippen LogP contribution is 2.39. The van der Waals surface area contributed by atoms with Crippen molar-refractivity contribution < 1.29 is 0 Å². The Morgan fingerprint density at radius 1 is 1.21 bits per heavy atom. The molecule has 1 fully saturated rings. The Bertz CT molecular complexity index is 1060. The van der Waals surface area contributed by atoms with Gasteiger partial charge in [-0.15, -0.1) is 0 Å². The van der Waals surface area contributed by atoms with E-state index in [-0.39, 0.29) is 0 Å². The van der Waals surface area contributed by atoms with Gasteiger partial charge in [0.25, 0.3) is 0 Å². The first-order valence-electron chi connectivity index (χ1n) is 8.00. The molecule has 2 N–H and O–H groups in total. The number of nitrogens with zero attached hydrogens (tertiary/aromatic N) is 7. The Labute approximate surface area is 137 Å². The van der Waals surface area contributed by atoms with E-state index >= 15 is 0 Å². The van der Waals surface area contributed by atoms with Crippen LogP contribution in [0.2, 0.25) is 0 Å². The van der Waals surface area contributed by atoms with Gasteiger partial charge in [0, 0.05) is 23.3 Å². The van der Waals surface area contributed by atoms with Crippen LogP contribution in [0.3, 0.4) is 0 Å². The van der Waals surface area contributed by atoms with Gasteiger partial charge in [0.2, 0.25) is 0 Å². The molecule has 0 radical (unpaired) electrons. The predicted molar refractivity (Wildman–Crippen MR) is 89.2 cm³/mol. The highest BCUT2D eigenvalue weighted by molar-refractivity contribution is 5.80. The number of hydrogen-bond acceptors (Lipinski definition) is 6. The maximum absolute atomic E-state index is 5.85. The number of nitrogens with two attached hydrogens (primary N) is 1. The van der Waals surface area contributed by atoms with E-state index in [1.165, 1.54) is 19.2 Å². The molecule has 4 heterocycles. The van der Waals surface area contributed by atoms with Crippen molar-refractivity contribution in [1.29, 1.82) is 0 Å². The summed E-state index contributed by atoms with van der Waals surface area (Å²) in [7, 11) is 0. The summed E-state index contributed by atoms with van der Waals surface area (Å²) in [5.74, 6) is 1.11. The zero-order valence-electron chi connectivity index (χ0n) is 13.2. The molecular formula is C16H16N8. The molecule has 4 aromatic heterocycles. The molecule has 0 spiro atoms. The summed E-state index contributed by atoms with van der Waals surface area (Å²) in [6, 6.07) is 2.48. The van der Waals surface area contributed by atoms with Gasteiger partial charge in [-0.25, -0.2) is 19.5 Å². The summed E-state index contributed by atoms with van der Waals surface area (Å²) < 4.78 is 3.72. The summed E-state index contributed by atoms with van der Waals surface area (Å²) in [4.78, 5) is 12.8. The number of fused-ring (bicyclic) bond motifs is 2. The topological polar surface area (TPSA) is 99.8 Å². The fourth-order valence-corrected chi connectivity index (χ4v) is 3.11. The van der Waals surface area contributed by atoms with Crippen LogP contribution in [0.1, 0.15) is 25.8 Å². The number of aromatic nitrogens is 7. The first-order chi connectivity index (χ1) is 11.7. The van der Waals surface area contributed by atoms with Gasteiger partial charge in [0.15, 0.2) is 17.1 Å². The van der Waals surface area contributed by atoms with Gasteiger partial charge in [0.1, 0.15) is 6.33 Å². The number of imidazole rings is 1. The van der Waals surface area contributed by atoms with Crippen molar-refractivity contribution in [3.8, 4) is 11.3 Å². The van der Waals surface area contributed by atoms with Crippen LogP contribution in [-0.4, -0.2) is 34.3 Å². The number of hydrogen-bond donors (Lipinski definition) is 1. The van der Waals surface area contributed by atoms with Gasteiger partial charge in [-0.3, -0.25) is 4.68 Å². The van der Waals surface area contributed by atoms with E-state index in [9.17, 15) is 0 Å². The van der Waals surface area contributed by atoms with Gasteiger partial charge in [-0.1, -0.05) is 0 Å². The second-order valence-corrected chi connectivity index (χ2v) is 6.35. The maximum atomic E-state index is 5.85. The van der Waals surface area contributed by atoms with Gasteiger partial charge < -0.3 is 5.73 Å². The quantitative estimate of drug-likeness (QED) is 0.620. The van der Waals surface area contributed by atoms with Crippen molar-refractivity contribution in [2.75, 3.05) is 5.73 Å². The van der Waals surface area contributed by atoms with Crippen molar-refractivity contribution in [3.63, 3.8) is 0 Å². The summed E-state index contributed by atoms with van der Waals surface area (Å²) in [5, 5.41) is 9.86. The lowest BCUT2D eigenvalue weighted by Crippen LogP contribution is -2.07. The lowest BCUT2D eigenvalue weighted by atomic mass is 10.2. The predicted octanol–water partition coefficient (Wildman–Crippen LogP) is 2.09. The molecular weight excluding hydrogens is 304 g/mol. The molecule has 0 aliphatic heterocycles. The average Bonchev–Trinajstić information content (AvgIpc) is 3.20. The van der Waals surface area contributed by atoms with Crippen molar-refractivity contribution in [2.24, 2.45) is 5.92 Å². The lowest BCUT2D eigenvalue weighted by molar-refractivity contribution is 0.443. The molecule has 0 aromatic carbocycles. The zero-order valence-corrected chi connectivity index (χ0v) is 13.2. The van der Waals surface area contributed by atoms with Crippen LogP contribution >= 0.6 is 0 Å². The highest BCUT2D eigenvalue weighted by Gasteiger charge is 2.29. The Balaban J connectivity index is 1.62. The Morgan fingerprint density at radius 3 is 2.92 bits per heavy atom. The molecule has 0 bridgehead atoms. The molecule has 1 unspecified atom stereocenters. The largest absolute Gasteiger partial charge is 0.381 e. The molecule has 0 saturated heterocycles. The molecule has 8 nitrogen and oxygen atoms in total. The third-order valence-corrected chi connectivity index (χ3v) is 4.72. The molecule has 1 saturated carbocycles. The first kappa shape index (κ1) is 13.4.